The minimum absolute atomic E-state index is 0.00169. The van der Waals surface area contributed by atoms with Gasteiger partial charge in [0.05, 0.1) is 10.0 Å². The van der Waals surface area contributed by atoms with Crippen LogP contribution in [0.25, 0.3) is 0 Å². The molecule has 45 heavy (non-hydrogen) atoms. The number of anilines is 1. The number of esters is 1. The lowest BCUT2D eigenvalue weighted by Crippen LogP contribution is -2.66. The maximum absolute atomic E-state index is 14.7. The molecule has 5 aliphatic carbocycles. The van der Waals surface area contributed by atoms with Gasteiger partial charge in [-0.3, -0.25) is 14.4 Å². The van der Waals surface area contributed by atoms with Gasteiger partial charge in [0.25, 0.3) is 0 Å². The molecule has 9 atom stereocenters. The van der Waals surface area contributed by atoms with Crippen LogP contribution in [0, 0.1) is 50.2 Å². The van der Waals surface area contributed by atoms with E-state index in [1.54, 1.807) is 18.2 Å². The highest BCUT2D eigenvalue weighted by Crippen LogP contribution is 2.75. The zero-order valence-corrected chi connectivity index (χ0v) is 29.9. The molecule has 0 aliphatic heterocycles. The smallest absolute Gasteiger partial charge is 0.302 e. The van der Waals surface area contributed by atoms with Gasteiger partial charge in [-0.05, 0) is 116 Å². The molecule has 4 fully saturated rings. The van der Waals surface area contributed by atoms with Gasteiger partial charge >= 0.3 is 5.97 Å². The monoisotopic (exact) mass is 655 g/mol. The highest BCUT2D eigenvalue weighted by atomic mass is 35.5. The van der Waals surface area contributed by atoms with Gasteiger partial charge < -0.3 is 10.1 Å². The van der Waals surface area contributed by atoms with Crippen molar-refractivity contribution in [3.8, 4) is 0 Å². The van der Waals surface area contributed by atoms with Crippen molar-refractivity contribution in [3.05, 3.63) is 39.9 Å². The van der Waals surface area contributed by atoms with Crippen molar-refractivity contribution in [2.24, 2.45) is 50.2 Å². The van der Waals surface area contributed by atoms with Crippen LogP contribution in [0.2, 0.25) is 10.0 Å². The molecule has 246 valence electrons. The molecule has 0 spiro atoms. The van der Waals surface area contributed by atoms with E-state index in [0.29, 0.717) is 21.7 Å². The molecule has 4 saturated carbocycles. The van der Waals surface area contributed by atoms with Gasteiger partial charge in [-0.1, -0.05) is 77.2 Å². The molecule has 7 heteroatoms. The molecule has 0 heterocycles. The third-order valence-electron chi connectivity index (χ3n) is 14.5. The number of amides is 1. The Morgan fingerprint density at radius 1 is 0.889 bits per heavy atom. The standard InChI is InChI=1S/C38H51Cl2NO4/c1-22(42)45-30-12-13-36(6)29(33(30,2)3)11-14-38(8)31(36)28(43)20-24-25-21-35(5,16-15-34(25,4)17-18-37(24,38)7)32(44)41-23-9-10-26(39)27(40)19-23/h9-10,19-20,25,29-31H,11-18,21H2,1-8H3,(H,41,44)/t25-,29+,30+,31+,34+,35+,36+,37-,38+/m0/s1. The first-order valence-electron chi connectivity index (χ1n) is 17.0. The van der Waals surface area contributed by atoms with Gasteiger partial charge in [-0.15, -0.1) is 0 Å². The largest absolute Gasteiger partial charge is 0.462 e. The molecule has 0 radical (unpaired) electrons. The number of nitrogens with one attached hydrogen (secondary N) is 1. The van der Waals surface area contributed by atoms with Crippen LogP contribution in [0.15, 0.2) is 29.8 Å². The van der Waals surface area contributed by atoms with Crippen molar-refractivity contribution in [3.63, 3.8) is 0 Å². The summed E-state index contributed by atoms with van der Waals surface area (Å²) in [7, 11) is 0. The highest BCUT2D eigenvalue weighted by molar-refractivity contribution is 6.42. The predicted molar refractivity (Wildman–Crippen MR) is 180 cm³/mol. The lowest BCUT2D eigenvalue weighted by Gasteiger charge is -2.70. The summed E-state index contributed by atoms with van der Waals surface area (Å²) in [5, 5.41) is 4.01. The van der Waals surface area contributed by atoms with Crippen LogP contribution in [0.3, 0.4) is 0 Å². The first kappa shape index (κ1) is 33.1. The summed E-state index contributed by atoms with van der Waals surface area (Å²) in [5.74, 6) is 0.435. The van der Waals surface area contributed by atoms with E-state index in [1.165, 1.54) is 12.5 Å². The maximum atomic E-state index is 14.7. The number of carbonyl (C=O) groups excluding carboxylic acids is 3. The lowest BCUT2D eigenvalue weighted by atomic mass is 9.33. The van der Waals surface area contributed by atoms with Gasteiger partial charge in [-0.25, -0.2) is 0 Å². The minimum atomic E-state index is -0.570. The molecule has 6 rings (SSSR count). The van der Waals surface area contributed by atoms with Gasteiger partial charge in [0.2, 0.25) is 5.91 Å². The molecule has 1 aromatic carbocycles. The molecule has 5 nitrogen and oxygen atoms in total. The van der Waals surface area contributed by atoms with Gasteiger partial charge in [0.15, 0.2) is 5.78 Å². The van der Waals surface area contributed by atoms with Crippen molar-refractivity contribution >= 4 is 46.5 Å². The SMILES string of the molecule is CC(=O)O[C@@H]1CC[C@]2(C)[C@H](CC[C@]3(C)[C@@H]2C(=O)C=C2[C@@H]4C[C@](C)(C(=O)Nc5ccc(Cl)c(Cl)c5)CC[C@]4(C)CC[C@@]23C)C1(C)C. The molecule has 0 unspecified atom stereocenters. The Kier molecular flexibility index (Phi) is 7.77. The summed E-state index contributed by atoms with van der Waals surface area (Å²) in [6, 6.07) is 5.21. The topological polar surface area (TPSA) is 72.5 Å². The van der Waals surface area contributed by atoms with Crippen LogP contribution in [-0.4, -0.2) is 23.8 Å². The fourth-order valence-corrected chi connectivity index (χ4v) is 11.9. The number of carbonyl (C=O) groups is 3. The summed E-state index contributed by atoms with van der Waals surface area (Å²) < 4.78 is 5.87. The van der Waals surface area contributed by atoms with E-state index in [9.17, 15) is 14.4 Å². The first-order valence-corrected chi connectivity index (χ1v) is 17.8. The van der Waals surface area contributed by atoms with Gasteiger partial charge in [-0.2, -0.15) is 0 Å². The van der Waals surface area contributed by atoms with Crippen LogP contribution < -0.4 is 5.32 Å². The summed E-state index contributed by atoms with van der Waals surface area (Å²) >= 11 is 12.4. The van der Waals surface area contributed by atoms with Crippen molar-refractivity contribution in [2.45, 2.75) is 119 Å². The number of hydrogen-bond donors (Lipinski definition) is 1. The number of hydrogen-bond acceptors (Lipinski definition) is 4. The molecule has 0 aromatic heterocycles. The fourth-order valence-electron chi connectivity index (χ4n) is 11.6. The minimum Gasteiger partial charge on any atom is -0.462 e. The number of allylic oxidation sites excluding steroid dienone is 2. The van der Waals surface area contributed by atoms with Crippen LogP contribution in [0.4, 0.5) is 5.69 Å². The van der Waals surface area contributed by atoms with E-state index in [4.69, 9.17) is 27.9 Å². The van der Waals surface area contributed by atoms with Crippen LogP contribution in [0.5, 0.6) is 0 Å². The second kappa shape index (κ2) is 10.6. The molecular formula is C38H51Cl2NO4. The van der Waals surface area contributed by atoms with Crippen LogP contribution in [0.1, 0.15) is 113 Å². The quantitative estimate of drug-likeness (QED) is 0.329. The second-order valence-electron chi connectivity index (χ2n) is 17.3. The number of rotatable bonds is 3. The van der Waals surface area contributed by atoms with E-state index in [0.717, 1.165) is 57.8 Å². The molecule has 5 aliphatic rings. The predicted octanol–water partition coefficient (Wildman–Crippen LogP) is 9.84. The average Bonchev–Trinajstić information content (AvgIpc) is 2.94. The Hall–Kier alpha value is -1.85. The summed E-state index contributed by atoms with van der Waals surface area (Å²) in [6.07, 6.45) is 10.3. The Morgan fingerprint density at radius 2 is 1.58 bits per heavy atom. The number of ketones is 1. The fraction of sp³-hybridized carbons (Fsp3) is 0.711. The van der Waals surface area contributed by atoms with Crippen LogP contribution >= 0.6 is 23.2 Å². The Balaban J connectivity index is 1.34. The van der Waals surface area contributed by atoms with E-state index in [2.05, 4.69) is 59.9 Å². The number of fused-ring (bicyclic) bond motifs is 7. The summed E-state index contributed by atoms with van der Waals surface area (Å²) in [5.41, 5.74) is 0.752. The number of ether oxygens (including phenoxy) is 1. The summed E-state index contributed by atoms with van der Waals surface area (Å²) in [4.78, 5) is 40.6. The van der Waals surface area contributed by atoms with E-state index in [-0.39, 0.29) is 62.7 Å². The van der Waals surface area contributed by atoms with Crippen LogP contribution in [-0.2, 0) is 19.1 Å². The molecular weight excluding hydrogens is 605 g/mol. The van der Waals surface area contributed by atoms with Gasteiger partial charge in [0.1, 0.15) is 6.10 Å². The third-order valence-corrected chi connectivity index (χ3v) is 15.3. The Bertz CT molecular complexity index is 1490. The number of benzene rings is 1. The van der Waals surface area contributed by atoms with Crippen molar-refractivity contribution < 1.29 is 19.1 Å². The zero-order chi connectivity index (χ0) is 33.0. The van der Waals surface area contributed by atoms with E-state index in [1.807, 2.05) is 0 Å². The molecule has 1 aromatic rings. The Labute approximate surface area is 279 Å². The lowest BCUT2D eigenvalue weighted by molar-refractivity contribution is -0.210. The molecule has 1 amide bonds. The number of halogens is 2. The molecule has 1 N–H and O–H groups in total. The van der Waals surface area contributed by atoms with E-state index >= 15 is 0 Å². The molecule has 0 saturated heterocycles. The zero-order valence-electron chi connectivity index (χ0n) is 28.4. The maximum Gasteiger partial charge on any atom is 0.302 e. The summed E-state index contributed by atoms with van der Waals surface area (Å²) in [6.45, 7) is 17.7. The second-order valence-corrected chi connectivity index (χ2v) is 18.1. The highest BCUT2D eigenvalue weighted by Gasteiger charge is 2.70. The third kappa shape index (κ3) is 4.79. The van der Waals surface area contributed by atoms with Gasteiger partial charge in [0, 0.05) is 29.4 Å². The Morgan fingerprint density at radius 3 is 2.24 bits per heavy atom. The van der Waals surface area contributed by atoms with Crippen molar-refractivity contribution in [1.29, 1.82) is 0 Å². The average molecular weight is 657 g/mol. The van der Waals surface area contributed by atoms with Crippen molar-refractivity contribution in [1.82, 2.24) is 0 Å². The first-order chi connectivity index (χ1) is 20.8. The van der Waals surface area contributed by atoms with Crippen molar-refractivity contribution in [2.75, 3.05) is 5.32 Å². The molecule has 0 bridgehead atoms. The normalized spacial score (nSPS) is 43.5. The van der Waals surface area contributed by atoms with E-state index < -0.39 is 5.41 Å².